The van der Waals surface area contributed by atoms with Crippen LogP contribution in [0.2, 0.25) is 5.02 Å². The van der Waals surface area contributed by atoms with Crippen LogP contribution >= 0.6 is 11.6 Å². The summed E-state index contributed by atoms with van der Waals surface area (Å²) in [6.45, 7) is 1.92. The fraction of sp³-hybridized carbons (Fsp3) is 0.520. The summed E-state index contributed by atoms with van der Waals surface area (Å²) in [6.07, 6.45) is 4.04. The van der Waals surface area contributed by atoms with Crippen LogP contribution in [0.25, 0.3) is 10.8 Å². The number of benzene rings is 2. The van der Waals surface area contributed by atoms with Crippen LogP contribution in [0.3, 0.4) is 0 Å². The van der Waals surface area contributed by atoms with Crippen LogP contribution in [0.4, 0.5) is 0 Å². The first-order chi connectivity index (χ1) is 16.6. The summed E-state index contributed by atoms with van der Waals surface area (Å²) in [4.78, 5) is 31.9. The standard InChI is InChI=1S/C25H33ClN4O4S/c1-28(2)16-21-6-3-4-13-30(21)24(31)17-29-12-5-7-23(25(29)32)27-35(33,34)22-11-9-18-14-20(26)10-8-19(18)15-22/h8-11,14-15,21,23,27H,3-7,12-13,16-17H2,1-2H3. The first-order valence-electron chi connectivity index (χ1n) is 12.1. The summed E-state index contributed by atoms with van der Waals surface area (Å²) >= 11 is 6.02. The molecule has 1 N–H and O–H groups in total. The topological polar surface area (TPSA) is 90.0 Å². The number of piperidine rings is 2. The lowest BCUT2D eigenvalue weighted by molar-refractivity contribution is -0.145. The van der Waals surface area contributed by atoms with Crippen LogP contribution in [-0.2, 0) is 19.6 Å². The van der Waals surface area contributed by atoms with Crippen molar-refractivity contribution in [1.82, 2.24) is 19.4 Å². The molecule has 0 aromatic heterocycles. The molecule has 2 amide bonds. The maximum atomic E-state index is 13.2. The van der Waals surface area contributed by atoms with E-state index >= 15 is 0 Å². The van der Waals surface area contributed by atoms with Crippen LogP contribution in [0.15, 0.2) is 41.3 Å². The number of fused-ring (bicyclic) bond motifs is 1. The number of halogens is 1. The maximum Gasteiger partial charge on any atom is 0.242 e. The Hall–Kier alpha value is -2.20. The second-order valence-corrected chi connectivity index (χ2v) is 11.9. The van der Waals surface area contributed by atoms with Gasteiger partial charge in [-0.15, -0.1) is 0 Å². The molecule has 190 valence electrons. The number of likely N-dealkylation sites (N-methyl/N-ethyl adjacent to an activating group) is 1. The molecule has 10 heteroatoms. The molecule has 2 unspecified atom stereocenters. The molecule has 2 aromatic carbocycles. The predicted octanol–water partition coefficient (Wildman–Crippen LogP) is 2.71. The van der Waals surface area contributed by atoms with Gasteiger partial charge in [0.25, 0.3) is 0 Å². The lowest BCUT2D eigenvalue weighted by Gasteiger charge is -2.39. The Morgan fingerprint density at radius 2 is 1.80 bits per heavy atom. The van der Waals surface area contributed by atoms with Gasteiger partial charge in [-0.1, -0.05) is 23.7 Å². The number of amides is 2. The molecule has 0 bridgehead atoms. The summed E-state index contributed by atoms with van der Waals surface area (Å²) in [5.41, 5.74) is 0. The minimum absolute atomic E-state index is 0.0161. The highest BCUT2D eigenvalue weighted by atomic mass is 35.5. The number of hydrogen-bond acceptors (Lipinski definition) is 5. The molecule has 35 heavy (non-hydrogen) atoms. The molecule has 0 radical (unpaired) electrons. The van der Waals surface area contributed by atoms with Crippen molar-refractivity contribution in [3.63, 3.8) is 0 Å². The summed E-state index contributed by atoms with van der Waals surface area (Å²) in [5, 5.41) is 2.15. The SMILES string of the molecule is CN(C)CC1CCCCN1C(=O)CN1CCCC(NS(=O)(=O)c2ccc3cc(Cl)ccc3c2)C1=O. The number of sulfonamides is 1. The summed E-state index contributed by atoms with van der Waals surface area (Å²) < 4.78 is 28.8. The third-order valence-corrected chi connectivity index (χ3v) is 8.47. The quantitative estimate of drug-likeness (QED) is 0.606. The average molecular weight is 521 g/mol. The fourth-order valence-corrected chi connectivity index (χ4v) is 6.46. The Morgan fingerprint density at radius 1 is 1.06 bits per heavy atom. The number of carbonyl (C=O) groups excluding carboxylic acids is 2. The van der Waals surface area contributed by atoms with E-state index in [0.29, 0.717) is 31.0 Å². The van der Waals surface area contributed by atoms with Crippen molar-refractivity contribution in [2.45, 2.75) is 49.1 Å². The van der Waals surface area contributed by atoms with Gasteiger partial charge in [-0.25, -0.2) is 8.42 Å². The smallest absolute Gasteiger partial charge is 0.242 e. The molecule has 2 saturated heterocycles. The van der Waals surface area contributed by atoms with Crippen molar-refractivity contribution >= 4 is 44.2 Å². The van der Waals surface area contributed by atoms with Crippen molar-refractivity contribution < 1.29 is 18.0 Å². The lowest BCUT2D eigenvalue weighted by Crippen LogP contribution is -2.56. The highest BCUT2D eigenvalue weighted by Crippen LogP contribution is 2.24. The predicted molar refractivity (Wildman–Crippen MR) is 137 cm³/mol. The Balaban J connectivity index is 1.44. The molecule has 2 atom stereocenters. The van der Waals surface area contributed by atoms with E-state index in [-0.39, 0.29) is 29.3 Å². The van der Waals surface area contributed by atoms with Crippen LogP contribution in [0.5, 0.6) is 0 Å². The van der Waals surface area contributed by atoms with E-state index in [4.69, 9.17) is 11.6 Å². The van der Waals surface area contributed by atoms with Gasteiger partial charge < -0.3 is 14.7 Å². The second-order valence-electron chi connectivity index (χ2n) is 9.73. The largest absolute Gasteiger partial charge is 0.337 e. The highest BCUT2D eigenvalue weighted by molar-refractivity contribution is 7.89. The van der Waals surface area contributed by atoms with E-state index in [1.54, 1.807) is 30.3 Å². The van der Waals surface area contributed by atoms with Crippen LogP contribution < -0.4 is 4.72 Å². The van der Waals surface area contributed by atoms with Gasteiger partial charge in [0.1, 0.15) is 6.04 Å². The minimum Gasteiger partial charge on any atom is -0.337 e. The zero-order chi connectivity index (χ0) is 25.2. The number of nitrogens with zero attached hydrogens (tertiary/aromatic N) is 3. The van der Waals surface area contributed by atoms with Crippen molar-refractivity contribution in [2.24, 2.45) is 0 Å². The monoisotopic (exact) mass is 520 g/mol. The Bertz CT molecular complexity index is 1200. The Morgan fingerprint density at radius 3 is 2.57 bits per heavy atom. The first kappa shape index (κ1) is 25.9. The van der Waals surface area contributed by atoms with Crippen LogP contribution in [0, 0.1) is 0 Å². The molecule has 4 rings (SSSR count). The van der Waals surface area contributed by atoms with Gasteiger partial charge in [0.15, 0.2) is 0 Å². The van der Waals surface area contributed by atoms with Crippen molar-refractivity contribution in [3.8, 4) is 0 Å². The number of carbonyl (C=O) groups is 2. The van der Waals surface area contributed by atoms with Gasteiger partial charge in [0.05, 0.1) is 11.4 Å². The molecule has 0 spiro atoms. The number of nitrogens with one attached hydrogen (secondary N) is 1. The number of hydrogen-bond donors (Lipinski definition) is 1. The van der Waals surface area contributed by atoms with Gasteiger partial charge in [0, 0.05) is 30.7 Å². The Kier molecular flexibility index (Phi) is 8.00. The van der Waals surface area contributed by atoms with Gasteiger partial charge in [-0.3, -0.25) is 9.59 Å². The molecule has 0 aliphatic carbocycles. The second kappa shape index (κ2) is 10.8. The maximum absolute atomic E-state index is 13.2. The zero-order valence-corrected chi connectivity index (χ0v) is 21.8. The Labute approximate surface area is 212 Å². The number of rotatable bonds is 7. The third-order valence-electron chi connectivity index (χ3n) is 6.76. The molecular formula is C25H33ClN4O4S. The van der Waals surface area contributed by atoms with Gasteiger partial charge in [-0.05, 0) is 81.2 Å². The number of likely N-dealkylation sites (tertiary alicyclic amines) is 2. The van der Waals surface area contributed by atoms with Crippen molar-refractivity contribution in [3.05, 3.63) is 41.4 Å². The average Bonchev–Trinajstić information content (AvgIpc) is 2.81. The van der Waals surface area contributed by atoms with E-state index in [1.165, 1.54) is 11.0 Å². The molecule has 2 aliphatic rings. The summed E-state index contributed by atoms with van der Waals surface area (Å²) in [7, 11) is 0.0654. The van der Waals surface area contributed by atoms with E-state index in [2.05, 4.69) is 9.62 Å². The van der Waals surface area contributed by atoms with Crippen molar-refractivity contribution in [1.29, 1.82) is 0 Å². The third kappa shape index (κ3) is 6.14. The molecule has 8 nitrogen and oxygen atoms in total. The first-order valence-corrected chi connectivity index (χ1v) is 13.9. The van der Waals surface area contributed by atoms with Gasteiger partial charge in [-0.2, -0.15) is 4.72 Å². The minimum atomic E-state index is -3.92. The van der Waals surface area contributed by atoms with Gasteiger partial charge in [0.2, 0.25) is 21.8 Å². The molecule has 2 heterocycles. The van der Waals surface area contributed by atoms with Crippen LogP contribution in [0.1, 0.15) is 32.1 Å². The molecule has 2 fully saturated rings. The summed E-state index contributed by atoms with van der Waals surface area (Å²) in [6, 6.07) is 9.28. The lowest BCUT2D eigenvalue weighted by atomic mass is 10.0. The highest BCUT2D eigenvalue weighted by Gasteiger charge is 2.35. The normalized spacial score (nSPS) is 21.7. The fourth-order valence-electron chi connectivity index (χ4n) is 5.02. The molecular weight excluding hydrogens is 488 g/mol. The summed E-state index contributed by atoms with van der Waals surface area (Å²) in [5.74, 6) is -0.413. The molecule has 2 aromatic rings. The molecule has 0 saturated carbocycles. The van der Waals surface area contributed by atoms with Crippen LogP contribution in [-0.4, -0.2) is 87.3 Å². The van der Waals surface area contributed by atoms with E-state index < -0.39 is 16.1 Å². The van der Waals surface area contributed by atoms with Gasteiger partial charge >= 0.3 is 0 Å². The van der Waals surface area contributed by atoms with E-state index in [0.717, 1.165) is 36.6 Å². The zero-order valence-electron chi connectivity index (χ0n) is 20.2. The van der Waals surface area contributed by atoms with E-state index in [9.17, 15) is 18.0 Å². The van der Waals surface area contributed by atoms with E-state index in [1.807, 2.05) is 19.0 Å². The molecule has 2 aliphatic heterocycles. The van der Waals surface area contributed by atoms with Crippen molar-refractivity contribution in [2.75, 3.05) is 40.3 Å².